The molecule has 0 saturated heterocycles. The maximum atomic E-state index is 14.0. The van der Waals surface area contributed by atoms with Crippen molar-refractivity contribution in [1.82, 2.24) is 0 Å². The molecule has 0 spiro atoms. The van der Waals surface area contributed by atoms with Crippen LogP contribution in [0.25, 0.3) is 0 Å². The van der Waals surface area contributed by atoms with Gasteiger partial charge in [-0.25, -0.2) is 4.39 Å². The van der Waals surface area contributed by atoms with E-state index in [9.17, 15) is 8.60 Å². The van der Waals surface area contributed by atoms with E-state index in [1.54, 1.807) is 18.4 Å². The van der Waals surface area contributed by atoms with Crippen molar-refractivity contribution in [3.8, 4) is 5.75 Å². The summed E-state index contributed by atoms with van der Waals surface area (Å²) < 4.78 is 30.8. The molecule has 0 fully saturated rings. The number of nitrogens with one attached hydrogen (secondary N) is 1. The van der Waals surface area contributed by atoms with Gasteiger partial charge in [0.25, 0.3) is 0 Å². The molecule has 0 amide bonds. The van der Waals surface area contributed by atoms with Crippen LogP contribution in [-0.2, 0) is 17.3 Å². The predicted molar refractivity (Wildman–Crippen MR) is 88.3 cm³/mol. The Bertz CT molecular complexity index is 656. The number of hydrogen-bond acceptors (Lipinski definition) is 3. The lowest BCUT2D eigenvalue weighted by Gasteiger charge is -2.12. The summed E-state index contributed by atoms with van der Waals surface area (Å²) in [6.45, 7) is 4.30. The van der Waals surface area contributed by atoms with Gasteiger partial charge in [0.1, 0.15) is 11.6 Å². The van der Waals surface area contributed by atoms with Gasteiger partial charge in [-0.2, -0.15) is 0 Å². The van der Waals surface area contributed by atoms with Gasteiger partial charge in [-0.1, -0.05) is 12.1 Å². The van der Waals surface area contributed by atoms with E-state index in [0.29, 0.717) is 18.0 Å². The molecular formula is C17H20FNO2S. The van der Waals surface area contributed by atoms with Gasteiger partial charge in [0.2, 0.25) is 0 Å². The van der Waals surface area contributed by atoms with Crippen molar-refractivity contribution in [2.75, 3.05) is 11.6 Å². The van der Waals surface area contributed by atoms with Gasteiger partial charge in [0.05, 0.1) is 11.8 Å². The van der Waals surface area contributed by atoms with E-state index in [-0.39, 0.29) is 11.9 Å². The van der Waals surface area contributed by atoms with Crippen LogP contribution >= 0.6 is 0 Å². The average Bonchev–Trinajstić information content (AvgIpc) is 2.46. The molecule has 0 aliphatic rings. The summed E-state index contributed by atoms with van der Waals surface area (Å²) in [5.41, 5.74) is 1.43. The molecule has 22 heavy (non-hydrogen) atoms. The van der Waals surface area contributed by atoms with Crippen LogP contribution in [0.4, 0.5) is 10.1 Å². The zero-order chi connectivity index (χ0) is 16.1. The predicted octanol–water partition coefficient (Wildman–Crippen LogP) is 3.96. The second-order valence-electron chi connectivity index (χ2n) is 5.26. The Morgan fingerprint density at radius 1 is 1.18 bits per heavy atom. The molecule has 2 aromatic rings. The third-order valence-corrected chi connectivity index (χ3v) is 3.99. The van der Waals surface area contributed by atoms with E-state index in [4.69, 9.17) is 4.74 Å². The fourth-order valence-corrected chi connectivity index (χ4v) is 2.50. The van der Waals surface area contributed by atoms with E-state index < -0.39 is 10.8 Å². The van der Waals surface area contributed by atoms with Crippen LogP contribution in [0.5, 0.6) is 5.75 Å². The standard InChI is InChI=1S/C17H20FNO2S/c1-12(2)21-14-6-9-17(16(18)10-14)19-11-13-4-7-15(8-5-13)22(3)20/h4-10,12,19H,11H2,1-3H3/t22-/m0/s1. The Morgan fingerprint density at radius 3 is 2.41 bits per heavy atom. The zero-order valence-corrected chi connectivity index (χ0v) is 13.7. The second-order valence-corrected chi connectivity index (χ2v) is 6.64. The van der Waals surface area contributed by atoms with E-state index in [0.717, 1.165) is 10.5 Å². The highest BCUT2D eigenvalue weighted by atomic mass is 32.2. The topological polar surface area (TPSA) is 38.3 Å². The lowest BCUT2D eigenvalue weighted by Crippen LogP contribution is -2.06. The summed E-state index contributed by atoms with van der Waals surface area (Å²) in [5, 5.41) is 3.05. The van der Waals surface area contributed by atoms with Crippen LogP contribution in [-0.4, -0.2) is 16.6 Å². The van der Waals surface area contributed by atoms with E-state index >= 15 is 0 Å². The van der Waals surface area contributed by atoms with Gasteiger partial charge in [-0.05, 0) is 43.7 Å². The molecular weight excluding hydrogens is 301 g/mol. The minimum absolute atomic E-state index is 0.0147. The van der Waals surface area contributed by atoms with E-state index in [1.807, 2.05) is 38.1 Å². The largest absolute Gasteiger partial charge is 0.491 e. The molecule has 5 heteroatoms. The molecule has 0 heterocycles. The van der Waals surface area contributed by atoms with Crippen LogP contribution < -0.4 is 10.1 Å². The maximum absolute atomic E-state index is 14.0. The summed E-state index contributed by atoms with van der Waals surface area (Å²) >= 11 is 0. The molecule has 0 bridgehead atoms. The zero-order valence-electron chi connectivity index (χ0n) is 12.9. The van der Waals surface area contributed by atoms with Gasteiger partial charge in [0.15, 0.2) is 0 Å². The third kappa shape index (κ3) is 4.56. The Balaban J connectivity index is 2.00. The van der Waals surface area contributed by atoms with Gasteiger partial charge >= 0.3 is 0 Å². The Kier molecular flexibility index (Phi) is 5.55. The number of anilines is 1. The molecule has 1 atom stereocenters. The van der Waals surface area contributed by atoms with Crippen molar-refractivity contribution < 1.29 is 13.3 Å². The first-order valence-corrected chi connectivity index (χ1v) is 8.64. The molecule has 2 rings (SSSR count). The first-order chi connectivity index (χ1) is 10.5. The average molecular weight is 321 g/mol. The minimum atomic E-state index is -0.983. The molecule has 0 unspecified atom stereocenters. The lowest BCUT2D eigenvalue weighted by atomic mass is 10.2. The summed E-state index contributed by atoms with van der Waals surface area (Å²) in [6.07, 6.45) is 1.66. The summed E-state index contributed by atoms with van der Waals surface area (Å²) in [6, 6.07) is 12.2. The van der Waals surface area contributed by atoms with Crippen LogP contribution in [0.3, 0.4) is 0 Å². The van der Waals surface area contributed by atoms with Gasteiger partial charge in [0, 0.05) is 34.6 Å². The molecule has 0 aromatic heterocycles. The molecule has 0 aliphatic heterocycles. The Morgan fingerprint density at radius 2 is 1.86 bits per heavy atom. The molecule has 2 aromatic carbocycles. The summed E-state index contributed by atoms with van der Waals surface area (Å²) in [7, 11) is -0.983. The minimum Gasteiger partial charge on any atom is -0.491 e. The van der Waals surface area contributed by atoms with Crippen molar-refractivity contribution in [2.45, 2.75) is 31.4 Å². The van der Waals surface area contributed by atoms with Gasteiger partial charge in [-0.3, -0.25) is 4.21 Å². The fraction of sp³-hybridized carbons (Fsp3) is 0.294. The molecule has 0 saturated carbocycles. The Hall–Kier alpha value is -1.88. The first-order valence-electron chi connectivity index (χ1n) is 7.08. The smallest absolute Gasteiger partial charge is 0.149 e. The van der Waals surface area contributed by atoms with Crippen LogP contribution in [0, 0.1) is 5.82 Å². The number of hydrogen-bond donors (Lipinski definition) is 1. The van der Waals surface area contributed by atoms with Gasteiger partial charge in [-0.15, -0.1) is 0 Å². The summed E-state index contributed by atoms with van der Waals surface area (Å²) in [5.74, 6) is 0.178. The monoisotopic (exact) mass is 321 g/mol. The lowest BCUT2D eigenvalue weighted by molar-refractivity contribution is 0.241. The number of halogens is 1. The molecule has 0 radical (unpaired) electrons. The van der Waals surface area contributed by atoms with E-state index in [2.05, 4.69) is 5.32 Å². The fourth-order valence-electron chi connectivity index (χ4n) is 1.98. The highest BCUT2D eigenvalue weighted by molar-refractivity contribution is 7.84. The van der Waals surface area contributed by atoms with Crippen molar-refractivity contribution in [1.29, 1.82) is 0 Å². The van der Waals surface area contributed by atoms with E-state index in [1.165, 1.54) is 6.07 Å². The summed E-state index contributed by atoms with van der Waals surface area (Å²) in [4.78, 5) is 0.783. The molecule has 0 aliphatic carbocycles. The van der Waals surface area contributed by atoms with Crippen LogP contribution in [0.1, 0.15) is 19.4 Å². The highest BCUT2D eigenvalue weighted by Gasteiger charge is 2.06. The molecule has 3 nitrogen and oxygen atoms in total. The quantitative estimate of drug-likeness (QED) is 0.875. The van der Waals surface area contributed by atoms with Crippen molar-refractivity contribution >= 4 is 16.5 Å². The normalized spacial score (nSPS) is 12.2. The van der Waals surface area contributed by atoms with Crippen LogP contribution in [0.15, 0.2) is 47.4 Å². The molecule has 1 N–H and O–H groups in total. The van der Waals surface area contributed by atoms with Crippen molar-refractivity contribution in [3.63, 3.8) is 0 Å². The van der Waals surface area contributed by atoms with Crippen molar-refractivity contribution in [3.05, 3.63) is 53.8 Å². The molecule has 118 valence electrons. The second kappa shape index (κ2) is 7.40. The third-order valence-electron chi connectivity index (χ3n) is 3.05. The van der Waals surface area contributed by atoms with Crippen molar-refractivity contribution in [2.24, 2.45) is 0 Å². The van der Waals surface area contributed by atoms with Crippen LogP contribution in [0.2, 0.25) is 0 Å². The number of rotatable bonds is 6. The number of benzene rings is 2. The van der Waals surface area contributed by atoms with Gasteiger partial charge < -0.3 is 10.1 Å². The first kappa shape index (κ1) is 16.5. The number of ether oxygens (including phenoxy) is 1. The SMILES string of the molecule is CC(C)Oc1ccc(NCc2ccc([S@](C)=O)cc2)c(F)c1. The maximum Gasteiger partial charge on any atom is 0.149 e. The Labute approximate surface area is 133 Å². The highest BCUT2D eigenvalue weighted by Crippen LogP contribution is 2.22.